The van der Waals surface area contributed by atoms with Crippen molar-refractivity contribution in [3.05, 3.63) is 34.2 Å². The van der Waals surface area contributed by atoms with Gasteiger partial charge in [-0.2, -0.15) is 0 Å². The monoisotopic (exact) mass is 339 g/mol. The summed E-state index contributed by atoms with van der Waals surface area (Å²) in [6.07, 6.45) is 0.731. The molecule has 2 N–H and O–H groups in total. The number of benzene rings is 1. The fourth-order valence-corrected chi connectivity index (χ4v) is 2.39. The van der Waals surface area contributed by atoms with Crippen LogP contribution in [0.3, 0.4) is 0 Å². The van der Waals surface area contributed by atoms with Gasteiger partial charge in [-0.3, -0.25) is 0 Å². The average molecular weight is 340 g/mol. The lowest BCUT2D eigenvalue weighted by Gasteiger charge is -2.11. The topological polar surface area (TPSA) is 58.0 Å². The summed E-state index contributed by atoms with van der Waals surface area (Å²) in [4.78, 5) is 8.82. The molecule has 0 aliphatic carbocycles. The zero-order valence-electron chi connectivity index (χ0n) is 11.2. The van der Waals surface area contributed by atoms with E-state index in [1.54, 1.807) is 6.07 Å². The molecule has 0 fully saturated rings. The Kier molecular flexibility index (Phi) is 4.54. The minimum atomic E-state index is -0.683. The first kappa shape index (κ1) is 14.7. The van der Waals surface area contributed by atoms with Gasteiger partial charge in [0, 0.05) is 12.1 Å². The summed E-state index contributed by atoms with van der Waals surface area (Å²) in [6.45, 7) is 4.69. The molecule has 1 aromatic heterocycles. The zero-order valence-corrected chi connectivity index (χ0v) is 12.8. The van der Waals surface area contributed by atoms with Gasteiger partial charge < -0.3 is 10.4 Å². The van der Waals surface area contributed by atoms with Crippen molar-refractivity contribution in [1.29, 1.82) is 0 Å². The molecule has 0 atom stereocenters. The van der Waals surface area contributed by atoms with Crippen LogP contribution in [-0.2, 0) is 6.42 Å². The Morgan fingerprint density at radius 3 is 2.65 bits per heavy atom. The van der Waals surface area contributed by atoms with Crippen molar-refractivity contribution in [1.82, 2.24) is 9.97 Å². The lowest BCUT2D eigenvalue weighted by Crippen LogP contribution is -2.06. The van der Waals surface area contributed by atoms with Gasteiger partial charge in [-0.25, -0.2) is 14.4 Å². The van der Waals surface area contributed by atoms with E-state index in [1.807, 2.05) is 13.8 Å². The van der Waals surface area contributed by atoms with Crippen LogP contribution >= 0.6 is 15.9 Å². The van der Waals surface area contributed by atoms with E-state index in [-0.39, 0.29) is 5.75 Å². The Bertz CT molecular complexity index is 634. The van der Waals surface area contributed by atoms with Crippen LogP contribution in [0.5, 0.6) is 5.75 Å². The first-order chi connectivity index (χ1) is 9.56. The molecule has 1 heterocycles. The lowest BCUT2D eigenvalue weighted by atomic mass is 10.2. The fraction of sp³-hybridized carbons (Fsp3) is 0.286. The maximum atomic E-state index is 13.4. The van der Waals surface area contributed by atoms with Crippen molar-refractivity contribution in [3.63, 3.8) is 0 Å². The molecule has 2 rings (SSSR count). The summed E-state index contributed by atoms with van der Waals surface area (Å²) in [5, 5.41) is 12.4. The van der Waals surface area contributed by atoms with Crippen molar-refractivity contribution in [2.75, 3.05) is 11.9 Å². The second-order valence-corrected chi connectivity index (χ2v) is 5.00. The summed E-state index contributed by atoms with van der Waals surface area (Å²) < 4.78 is 14.3. The minimum Gasteiger partial charge on any atom is -0.505 e. The highest BCUT2D eigenvalue weighted by Crippen LogP contribution is 2.29. The van der Waals surface area contributed by atoms with Gasteiger partial charge in [0.25, 0.3) is 0 Å². The van der Waals surface area contributed by atoms with Crippen LogP contribution in [0, 0.1) is 5.82 Å². The molecular weight excluding hydrogens is 325 g/mol. The van der Waals surface area contributed by atoms with E-state index < -0.39 is 5.82 Å². The van der Waals surface area contributed by atoms with Crippen molar-refractivity contribution in [3.8, 4) is 17.1 Å². The van der Waals surface area contributed by atoms with Crippen LogP contribution in [0.25, 0.3) is 11.4 Å². The highest BCUT2D eigenvalue weighted by molar-refractivity contribution is 9.10. The third-order valence-corrected chi connectivity index (χ3v) is 3.64. The van der Waals surface area contributed by atoms with E-state index >= 15 is 0 Å². The van der Waals surface area contributed by atoms with Gasteiger partial charge in [0.2, 0.25) is 0 Å². The Labute approximate surface area is 125 Å². The molecule has 1 aromatic carbocycles. The molecule has 0 radical (unpaired) electrons. The van der Waals surface area contributed by atoms with Crippen LogP contribution in [0.2, 0.25) is 0 Å². The molecule has 0 saturated carbocycles. The smallest absolute Gasteiger partial charge is 0.165 e. The molecule has 0 aliphatic rings. The number of hydrogen-bond acceptors (Lipinski definition) is 4. The summed E-state index contributed by atoms with van der Waals surface area (Å²) in [5.74, 6) is 0.0493. The van der Waals surface area contributed by atoms with Gasteiger partial charge in [0.15, 0.2) is 17.4 Å². The quantitative estimate of drug-likeness (QED) is 0.890. The Balaban J connectivity index is 2.55. The predicted octanol–water partition coefficient (Wildman–Crippen LogP) is 3.75. The molecule has 0 unspecified atom stereocenters. The second kappa shape index (κ2) is 6.17. The summed E-state index contributed by atoms with van der Waals surface area (Å²) in [5.41, 5.74) is 1.38. The van der Waals surface area contributed by atoms with Crippen molar-refractivity contribution >= 4 is 21.7 Å². The highest BCUT2D eigenvalue weighted by atomic mass is 79.9. The molecule has 4 nitrogen and oxygen atoms in total. The normalized spacial score (nSPS) is 10.6. The number of hydrogen-bond donors (Lipinski definition) is 2. The molecule has 6 heteroatoms. The molecule has 0 aliphatic heterocycles. The van der Waals surface area contributed by atoms with Crippen molar-refractivity contribution in [2.24, 2.45) is 0 Å². The van der Waals surface area contributed by atoms with E-state index in [2.05, 4.69) is 31.2 Å². The van der Waals surface area contributed by atoms with Gasteiger partial charge in [-0.1, -0.05) is 6.92 Å². The van der Waals surface area contributed by atoms with E-state index in [1.165, 1.54) is 12.1 Å². The molecule has 2 aromatic rings. The van der Waals surface area contributed by atoms with E-state index in [9.17, 15) is 9.50 Å². The predicted molar refractivity (Wildman–Crippen MR) is 80.3 cm³/mol. The van der Waals surface area contributed by atoms with E-state index in [4.69, 9.17) is 0 Å². The molecule has 0 bridgehead atoms. The number of aromatic nitrogens is 2. The Hall–Kier alpha value is -1.69. The van der Waals surface area contributed by atoms with Gasteiger partial charge in [-0.05, 0) is 47.5 Å². The number of halogens is 2. The average Bonchev–Trinajstić information content (AvgIpc) is 2.44. The molecule has 0 saturated heterocycles. The van der Waals surface area contributed by atoms with E-state index in [0.717, 1.165) is 23.1 Å². The molecule has 20 heavy (non-hydrogen) atoms. The SMILES string of the molecule is CCNc1nc(-c2ccc(O)c(F)c2)nc(CC)c1Br. The number of nitrogens with zero attached hydrogens (tertiary/aromatic N) is 2. The summed E-state index contributed by atoms with van der Waals surface area (Å²) in [7, 11) is 0. The fourth-order valence-electron chi connectivity index (χ4n) is 1.79. The number of anilines is 1. The third-order valence-electron chi connectivity index (χ3n) is 2.80. The van der Waals surface area contributed by atoms with Gasteiger partial charge in [-0.15, -0.1) is 0 Å². The summed E-state index contributed by atoms with van der Waals surface area (Å²) in [6, 6.07) is 4.12. The van der Waals surface area contributed by atoms with Crippen LogP contribution in [0.4, 0.5) is 10.2 Å². The van der Waals surface area contributed by atoms with Gasteiger partial charge in [0.1, 0.15) is 5.82 Å². The van der Waals surface area contributed by atoms with Crippen molar-refractivity contribution < 1.29 is 9.50 Å². The highest BCUT2D eigenvalue weighted by Gasteiger charge is 2.13. The summed E-state index contributed by atoms with van der Waals surface area (Å²) >= 11 is 3.47. The van der Waals surface area contributed by atoms with Crippen molar-refractivity contribution in [2.45, 2.75) is 20.3 Å². The number of aryl methyl sites for hydroxylation is 1. The number of nitrogens with one attached hydrogen (secondary N) is 1. The maximum Gasteiger partial charge on any atom is 0.165 e. The van der Waals surface area contributed by atoms with Crippen LogP contribution in [0.15, 0.2) is 22.7 Å². The zero-order chi connectivity index (χ0) is 14.7. The van der Waals surface area contributed by atoms with Gasteiger partial charge in [0.05, 0.1) is 10.2 Å². The Morgan fingerprint density at radius 2 is 2.05 bits per heavy atom. The molecule has 106 valence electrons. The third kappa shape index (κ3) is 2.90. The van der Waals surface area contributed by atoms with Crippen LogP contribution in [0.1, 0.15) is 19.5 Å². The van der Waals surface area contributed by atoms with Crippen LogP contribution < -0.4 is 5.32 Å². The first-order valence-corrected chi connectivity index (χ1v) is 7.15. The first-order valence-electron chi connectivity index (χ1n) is 6.36. The Morgan fingerprint density at radius 1 is 1.30 bits per heavy atom. The van der Waals surface area contributed by atoms with Gasteiger partial charge >= 0.3 is 0 Å². The number of rotatable bonds is 4. The molecule has 0 spiro atoms. The molecule has 0 amide bonds. The minimum absolute atomic E-state index is 0.381. The number of aromatic hydroxyl groups is 1. The van der Waals surface area contributed by atoms with E-state index in [0.29, 0.717) is 17.2 Å². The van der Waals surface area contributed by atoms with Crippen LogP contribution in [-0.4, -0.2) is 21.6 Å². The molecular formula is C14H15BrFN3O. The number of phenols is 1. The maximum absolute atomic E-state index is 13.4. The second-order valence-electron chi connectivity index (χ2n) is 4.21. The largest absolute Gasteiger partial charge is 0.505 e. The standard InChI is InChI=1S/C14H15BrFN3O/c1-3-10-12(15)14(17-4-2)19-13(18-10)8-5-6-11(20)9(16)7-8/h5-7,20H,3-4H2,1-2H3,(H,17,18,19). The number of phenolic OH excluding ortho intramolecular Hbond substituents is 1. The lowest BCUT2D eigenvalue weighted by molar-refractivity contribution is 0.432.